The summed E-state index contributed by atoms with van der Waals surface area (Å²) < 4.78 is 10.8. The number of ether oxygens (including phenoxy) is 2. The van der Waals surface area contributed by atoms with Crippen molar-refractivity contribution in [3.8, 4) is 11.5 Å². The topological polar surface area (TPSA) is 47.6 Å². The molecule has 0 aliphatic heterocycles. The van der Waals surface area contributed by atoms with Gasteiger partial charge in [0, 0.05) is 11.8 Å². The van der Waals surface area contributed by atoms with Gasteiger partial charge in [0.2, 0.25) is 5.91 Å². The van der Waals surface area contributed by atoms with Crippen LogP contribution < -0.4 is 14.8 Å². The summed E-state index contributed by atoms with van der Waals surface area (Å²) in [5, 5.41) is 2.88. The van der Waals surface area contributed by atoms with Gasteiger partial charge < -0.3 is 14.8 Å². The van der Waals surface area contributed by atoms with Crippen molar-refractivity contribution >= 4 is 17.7 Å². The highest BCUT2D eigenvalue weighted by molar-refractivity contribution is 6.01. The van der Waals surface area contributed by atoms with Gasteiger partial charge in [-0.15, -0.1) is 0 Å². The molecule has 0 aliphatic rings. The molecule has 4 heteroatoms. The Labute approximate surface area is 155 Å². The molecule has 0 spiro atoms. The van der Waals surface area contributed by atoms with Gasteiger partial charge in [-0.3, -0.25) is 4.79 Å². The number of aryl methyl sites for hydroxylation is 1. The molecular formula is C22H27NO3. The number of unbranched alkanes of at least 4 members (excludes halogenated alkanes) is 1. The zero-order valence-electron chi connectivity index (χ0n) is 15.7. The molecule has 0 bridgehead atoms. The van der Waals surface area contributed by atoms with Gasteiger partial charge in [0.1, 0.15) is 0 Å². The molecule has 0 atom stereocenters. The largest absolute Gasteiger partial charge is 0.493 e. The Bertz CT molecular complexity index is 736. The Morgan fingerprint density at radius 3 is 2.50 bits per heavy atom. The number of carbonyl (C=O) groups excluding carboxylic acids is 1. The van der Waals surface area contributed by atoms with E-state index in [0.29, 0.717) is 18.1 Å². The molecule has 0 aliphatic carbocycles. The van der Waals surface area contributed by atoms with Crippen molar-refractivity contribution in [1.82, 2.24) is 0 Å². The Morgan fingerprint density at radius 1 is 1.08 bits per heavy atom. The molecule has 0 saturated heterocycles. The van der Waals surface area contributed by atoms with E-state index >= 15 is 0 Å². The van der Waals surface area contributed by atoms with Crippen LogP contribution in [-0.2, 0) is 11.2 Å². The van der Waals surface area contributed by atoms with Crippen molar-refractivity contribution in [3.05, 3.63) is 59.7 Å². The van der Waals surface area contributed by atoms with Crippen molar-refractivity contribution in [2.24, 2.45) is 0 Å². The van der Waals surface area contributed by atoms with Crippen LogP contribution in [0.3, 0.4) is 0 Å². The normalized spacial score (nSPS) is 10.7. The summed E-state index contributed by atoms with van der Waals surface area (Å²) >= 11 is 0. The molecule has 0 saturated carbocycles. The van der Waals surface area contributed by atoms with E-state index in [1.807, 2.05) is 37.3 Å². The monoisotopic (exact) mass is 353 g/mol. The van der Waals surface area contributed by atoms with Crippen LogP contribution in [0.2, 0.25) is 0 Å². The maximum atomic E-state index is 12.1. The van der Waals surface area contributed by atoms with Crippen molar-refractivity contribution in [2.45, 2.75) is 33.1 Å². The standard InChI is InChI=1S/C22H27NO3/c1-4-6-7-17-8-12-19(13-9-17)23-22(24)15-11-18-10-14-20(25-3)21(16-18)26-5-2/h8-16H,4-7H2,1-3H3,(H,23,24)/b15-11+. The van der Waals surface area contributed by atoms with E-state index in [1.54, 1.807) is 13.2 Å². The van der Waals surface area contributed by atoms with E-state index in [1.165, 1.54) is 24.5 Å². The predicted molar refractivity (Wildman–Crippen MR) is 107 cm³/mol. The van der Waals surface area contributed by atoms with Gasteiger partial charge in [-0.25, -0.2) is 0 Å². The van der Waals surface area contributed by atoms with Crippen LogP contribution in [0.1, 0.15) is 37.8 Å². The van der Waals surface area contributed by atoms with Crippen molar-refractivity contribution in [2.75, 3.05) is 19.0 Å². The molecule has 0 fully saturated rings. The number of nitrogens with one attached hydrogen (secondary N) is 1. The van der Waals surface area contributed by atoms with Crippen LogP contribution in [0, 0.1) is 0 Å². The third-order valence-electron chi connectivity index (χ3n) is 3.96. The molecular weight excluding hydrogens is 326 g/mol. The minimum atomic E-state index is -0.167. The Hall–Kier alpha value is -2.75. The number of hydrogen-bond donors (Lipinski definition) is 1. The average Bonchev–Trinajstić information content (AvgIpc) is 2.66. The molecule has 138 valence electrons. The molecule has 1 N–H and O–H groups in total. The molecule has 0 unspecified atom stereocenters. The second-order valence-electron chi connectivity index (χ2n) is 5.97. The number of amides is 1. The van der Waals surface area contributed by atoms with Gasteiger partial charge in [-0.2, -0.15) is 0 Å². The molecule has 0 heterocycles. The molecule has 0 aromatic heterocycles. The first-order valence-corrected chi connectivity index (χ1v) is 9.05. The maximum Gasteiger partial charge on any atom is 0.248 e. The lowest BCUT2D eigenvalue weighted by atomic mass is 10.1. The van der Waals surface area contributed by atoms with E-state index in [0.717, 1.165) is 17.7 Å². The number of anilines is 1. The first-order chi connectivity index (χ1) is 12.7. The lowest BCUT2D eigenvalue weighted by Gasteiger charge is -2.09. The van der Waals surface area contributed by atoms with Crippen LogP contribution in [0.4, 0.5) is 5.69 Å². The predicted octanol–water partition coefficient (Wildman–Crippen LogP) is 5.09. The van der Waals surface area contributed by atoms with E-state index in [-0.39, 0.29) is 5.91 Å². The van der Waals surface area contributed by atoms with Crippen LogP contribution >= 0.6 is 0 Å². The van der Waals surface area contributed by atoms with Gasteiger partial charge in [-0.05, 0) is 61.2 Å². The van der Waals surface area contributed by atoms with Crippen LogP contribution in [-0.4, -0.2) is 19.6 Å². The summed E-state index contributed by atoms with van der Waals surface area (Å²) in [6.45, 7) is 4.66. The molecule has 2 rings (SSSR count). The molecule has 1 amide bonds. The van der Waals surface area contributed by atoms with Crippen molar-refractivity contribution in [3.63, 3.8) is 0 Å². The molecule has 0 radical (unpaired) electrons. The van der Waals surface area contributed by atoms with Gasteiger partial charge >= 0.3 is 0 Å². The minimum Gasteiger partial charge on any atom is -0.493 e. The van der Waals surface area contributed by atoms with Crippen LogP contribution in [0.15, 0.2) is 48.5 Å². The summed E-state index contributed by atoms with van der Waals surface area (Å²) in [5.74, 6) is 1.18. The third kappa shape index (κ3) is 5.96. The maximum absolute atomic E-state index is 12.1. The van der Waals surface area contributed by atoms with E-state index in [4.69, 9.17) is 9.47 Å². The number of methoxy groups -OCH3 is 1. The summed E-state index contributed by atoms with van der Waals surface area (Å²) in [6, 6.07) is 13.6. The summed E-state index contributed by atoms with van der Waals surface area (Å²) in [6.07, 6.45) is 6.71. The van der Waals surface area contributed by atoms with E-state index in [9.17, 15) is 4.79 Å². The second-order valence-corrected chi connectivity index (χ2v) is 5.97. The lowest BCUT2D eigenvalue weighted by Crippen LogP contribution is -2.07. The molecule has 2 aromatic rings. The zero-order valence-corrected chi connectivity index (χ0v) is 15.7. The fourth-order valence-electron chi connectivity index (χ4n) is 2.56. The smallest absolute Gasteiger partial charge is 0.248 e. The number of carbonyl (C=O) groups is 1. The van der Waals surface area contributed by atoms with Crippen LogP contribution in [0.5, 0.6) is 11.5 Å². The second kappa shape index (κ2) is 10.3. The Kier molecular flexibility index (Phi) is 7.75. The molecule has 26 heavy (non-hydrogen) atoms. The molecule has 4 nitrogen and oxygen atoms in total. The van der Waals surface area contributed by atoms with E-state index < -0.39 is 0 Å². The van der Waals surface area contributed by atoms with Crippen molar-refractivity contribution < 1.29 is 14.3 Å². The first-order valence-electron chi connectivity index (χ1n) is 9.05. The summed E-state index contributed by atoms with van der Waals surface area (Å²) in [4.78, 5) is 12.1. The minimum absolute atomic E-state index is 0.167. The van der Waals surface area contributed by atoms with Gasteiger partial charge in [-0.1, -0.05) is 31.5 Å². The Balaban J connectivity index is 1.97. The van der Waals surface area contributed by atoms with Gasteiger partial charge in [0.05, 0.1) is 13.7 Å². The average molecular weight is 353 g/mol. The lowest BCUT2D eigenvalue weighted by molar-refractivity contribution is -0.111. The number of benzene rings is 2. The molecule has 2 aromatic carbocycles. The van der Waals surface area contributed by atoms with Gasteiger partial charge in [0.25, 0.3) is 0 Å². The fraction of sp³-hybridized carbons (Fsp3) is 0.318. The number of hydrogen-bond acceptors (Lipinski definition) is 3. The fourth-order valence-corrected chi connectivity index (χ4v) is 2.56. The summed E-state index contributed by atoms with van der Waals surface area (Å²) in [7, 11) is 1.61. The quantitative estimate of drug-likeness (QED) is 0.639. The summed E-state index contributed by atoms with van der Waals surface area (Å²) in [5.41, 5.74) is 2.96. The van der Waals surface area contributed by atoms with E-state index in [2.05, 4.69) is 24.4 Å². The number of rotatable bonds is 9. The highest BCUT2D eigenvalue weighted by Crippen LogP contribution is 2.28. The highest BCUT2D eigenvalue weighted by atomic mass is 16.5. The highest BCUT2D eigenvalue weighted by Gasteiger charge is 2.04. The SMILES string of the molecule is CCCCc1ccc(NC(=O)/C=C/c2ccc(OC)c(OCC)c2)cc1. The Morgan fingerprint density at radius 2 is 1.85 bits per heavy atom. The zero-order chi connectivity index (χ0) is 18.8. The first kappa shape index (κ1) is 19.6. The van der Waals surface area contributed by atoms with Crippen LogP contribution in [0.25, 0.3) is 6.08 Å². The van der Waals surface area contributed by atoms with Gasteiger partial charge in [0.15, 0.2) is 11.5 Å². The van der Waals surface area contributed by atoms with Crippen molar-refractivity contribution in [1.29, 1.82) is 0 Å². The third-order valence-corrected chi connectivity index (χ3v) is 3.96.